The molecule has 128 valence electrons. The van der Waals surface area contributed by atoms with Gasteiger partial charge in [-0.3, -0.25) is 4.79 Å². The second-order valence-corrected chi connectivity index (χ2v) is 5.90. The first-order valence-corrected chi connectivity index (χ1v) is 7.68. The normalized spacial score (nSPS) is 10.4. The number of Topliss-reactive ketones (excluding diaryl/α,β-unsaturated/α-hetero) is 1. The molecule has 0 spiro atoms. The minimum absolute atomic E-state index is 0.137. The molecule has 0 saturated carbocycles. The zero-order valence-electron chi connectivity index (χ0n) is 14.0. The molecule has 25 heavy (non-hydrogen) atoms. The fourth-order valence-corrected chi connectivity index (χ4v) is 1.96. The summed E-state index contributed by atoms with van der Waals surface area (Å²) < 4.78 is 18.2. The molecule has 0 aliphatic carbocycles. The van der Waals surface area contributed by atoms with Crippen molar-refractivity contribution in [1.82, 2.24) is 5.32 Å². The quantitative estimate of drug-likeness (QED) is 0.525. The lowest BCUT2D eigenvalue weighted by atomic mass is 10.1. The van der Waals surface area contributed by atoms with Crippen molar-refractivity contribution in [3.63, 3.8) is 0 Å². The van der Waals surface area contributed by atoms with E-state index in [9.17, 15) is 14.0 Å². The number of halogens is 1. The molecule has 5 heteroatoms. The lowest BCUT2D eigenvalue weighted by Gasteiger charge is -2.19. The molecule has 0 radical (unpaired) electrons. The number of ether oxygens (including phenoxy) is 1. The maximum absolute atomic E-state index is 13.1. The first kappa shape index (κ1) is 18.2. The van der Waals surface area contributed by atoms with Crippen molar-refractivity contribution in [2.24, 2.45) is 0 Å². The van der Waals surface area contributed by atoms with Gasteiger partial charge in [0.15, 0.2) is 0 Å². The Balaban J connectivity index is 1.92. The van der Waals surface area contributed by atoms with Crippen molar-refractivity contribution in [1.29, 1.82) is 0 Å². The van der Waals surface area contributed by atoms with E-state index in [-0.39, 0.29) is 12.2 Å². The number of hydrogen-bond donors (Lipinski definition) is 1. The third-order valence-corrected chi connectivity index (χ3v) is 3.20. The van der Waals surface area contributed by atoms with Crippen LogP contribution in [-0.4, -0.2) is 17.4 Å². The number of alkyl carbamates (subject to hydrolysis) is 1. The predicted molar refractivity (Wildman–Crippen MR) is 92.3 cm³/mol. The number of carbonyl (C=O) groups is 2. The molecule has 0 bridgehead atoms. The number of benzene rings is 2. The summed E-state index contributed by atoms with van der Waals surface area (Å²) in [7, 11) is 0. The molecule has 0 unspecified atom stereocenters. The van der Waals surface area contributed by atoms with Gasteiger partial charge in [0, 0.05) is 5.56 Å². The summed E-state index contributed by atoms with van der Waals surface area (Å²) in [6, 6.07) is 14.5. The van der Waals surface area contributed by atoms with Crippen molar-refractivity contribution in [3.05, 3.63) is 71.5 Å². The highest BCUT2D eigenvalue weighted by atomic mass is 19.1. The average Bonchev–Trinajstić information content (AvgIpc) is 2.58. The van der Waals surface area contributed by atoms with E-state index in [4.69, 9.17) is 4.74 Å². The van der Waals surface area contributed by atoms with Crippen molar-refractivity contribution in [3.8, 4) is 11.8 Å². The van der Waals surface area contributed by atoms with Crippen LogP contribution in [-0.2, 0) is 11.3 Å². The summed E-state index contributed by atoms with van der Waals surface area (Å²) in [6.45, 7) is 3.42. The Hall–Kier alpha value is -3.13. The minimum atomic E-state index is -0.975. The van der Waals surface area contributed by atoms with Crippen molar-refractivity contribution < 1.29 is 18.7 Å². The van der Waals surface area contributed by atoms with Crippen molar-refractivity contribution in [2.45, 2.75) is 26.0 Å². The SMILES string of the molecule is CC(C)(C#CC(=O)c1cccc(F)c1)NC(=O)OCc1ccccc1. The van der Waals surface area contributed by atoms with E-state index in [2.05, 4.69) is 17.2 Å². The van der Waals surface area contributed by atoms with Crippen LogP contribution < -0.4 is 5.32 Å². The van der Waals surface area contributed by atoms with E-state index in [0.29, 0.717) is 0 Å². The minimum Gasteiger partial charge on any atom is -0.445 e. The first-order valence-electron chi connectivity index (χ1n) is 7.68. The monoisotopic (exact) mass is 339 g/mol. The van der Waals surface area contributed by atoms with Crippen LogP contribution in [0, 0.1) is 17.7 Å². The highest BCUT2D eigenvalue weighted by Crippen LogP contribution is 2.06. The Labute approximate surface area is 146 Å². The molecule has 1 amide bonds. The van der Waals surface area contributed by atoms with Crippen LogP contribution in [0.3, 0.4) is 0 Å². The Morgan fingerprint density at radius 3 is 2.52 bits per heavy atom. The molecule has 0 saturated heterocycles. The number of ketones is 1. The molecular formula is C20H18FNO3. The Bertz CT molecular complexity index is 820. The molecule has 0 fully saturated rings. The van der Waals surface area contributed by atoms with Crippen LogP contribution in [0.15, 0.2) is 54.6 Å². The maximum Gasteiger partial charge on any atom is 0.408 e. The van der Waals surface area contributed by atoms with Crippen LogP contribution in [0.2, 0.25) is 0 Å². The highest BCUT2D eigenvalue weighted by molar-refractivity contribution is 6.09. The second-order valence-electron chi connectivity index (χ2n) is 5.90. The first-order chi connectivity index (χ1) is 11.9. The molecule has 0 heterocycles. The summed E-state index contributed by atoms with van der Waals surface area (Å²) in [5, 5.41) is 2.58. The van der Waals surface area contributed by atoms with Gasteiger partial charge in [-0.15, -0.1) is 0 Å². The van der Waals surface area contributed by atoms with Crippen LogP contribution in [0.4, 0.5) is 9.18 Å². The fourth-order valence-electron chi connectivity index (χ4n) is 1.96. The van der Waals surface area contributed by atoms with Gasteiger partial charge >= 0.3 is 6.09 Å². The van der Waals surface area contributed by atoms with E-state index in [0.717, 1.165) is 11.6 Å². The van der Waals surface area contributed by atoms with Gasteiger partial charge in [-0.1, -0.05) is 48.4 Å². The molecule has 0 aliphatic heterocycles. The molecule has 2 rings (SSSR count). The van der Waals surface area contributed by atoms with E-state index in [1.165, 1.54) is 18.2 Å². The second kappa shape index (κ2) is 8.11. The van der Waals surface area contributed by atoms with Crippen molar-refractivity contribution in [2.75, 3.05) is 0 Å². The third kappa shape index (κ3) is 6.11. The molecule has 0 atom stereocenters. The van der Waals surface area contributed by atoms with Crippen LogP contribution in [0.5, 0.6) is 0 Å². The lowest BCUT2D eigenvalue weighted by molar-refractivity contribution is 0.105. The summed E-state index contributed by atoms with van der Waals surface area (Å²) in [5.74, 6) is 4.07. The summed E-state index contributed by atoms with van der Waals surface area (Å²) in [4.78, 5) is 23.8. The van der Waals surface area contributed by atoms with Gasteiger partial charge in [0.2, 0.25) is 5.78 Å². The maximum atomic E-state index is 13.1. The number of carbonyl (C=O) groups excluding carboxylic acids is 2. The molecule has 4 nitrogen and oxygen atoms in total. The van der Waals surface area contributed by atoms with Gasteiger partial charge in [0.1, 0.15) is 12.4 Å². The third-order valence-electron chi connectivity index (χ3n) is 3.20. The molecule has 2 aromatic rings. The molecular weight excluding hydrogens is 321 g/mol. The number of rotatable bonds is 4. The van der Waals surface area contributed by atoms with E-state index in [1.807, 2.05) is 30.3 Å². The highest BCUT2D eigenvalue weighted by Gasteiger charge is 2.19. The molecule has 1 N–H and O–H groups in total. The average molecular weight is 339 g/mol. The van der Waals surface area contributed by atoms with Crippen LogP contribution >= 0.6 is 0 Å². The topological polar surface area (TPSA) is 55.4 Å². The molecule has 0 aliphatic rings. The standard InChI is InChI=1S/C20H18FNO3/c1-20(2,12-11-18(23)16-9-6-10-17(21)13-16)22-19(24)25-14-15-7-4-3-5-8-15/h3-10,13H,14H2,1-2H3,(H,22,24). The smallest absolute Gasteiger partial charge is 0.408 e. The van der Waals surface area contributed by atoms with Gasteiger partial charge in [0.05, 0.1) is 5.54 Å². The Kier molecular flexibility index (Phi) is 5.91. The van der Waals surface area contributed by atoms with Crippen molar-refractivity contribution >= 4 is 11.9 Å². The predicted octanol–water partition coefficient (Wildman–Crippen LogP) is 3.72. The van der Waals surface area contributed by atoms with Gasteiger partial charge < -0.3 is 10.1 Å². The Morgan fingerprint density at radius 2 is 1.84 bits per heavy atom. The zero-order chi connectivity index (χ0) is 18.3. The van der Waals surface area contributed by atoms with Gasteiger partial charge in [-0.2, -0.15) is 0 Å². The molecule has 0 aromatic heterocycles. The number of hydrogen-bond acceptors (Lipinski definition) is 3. The summed E-state index contributed by atoms with van der Waals surface area (Å²) >= 11 is 0. The van der Waals surface area contributed by atoms with E-state index >= 15 is 0 Å². The number of amides is 1. The van der Waals surface area contributed by atoms with Crippen LogP contribution in [0.25, 0.3) is 0 Å². The fraction of sp³-hybridized carbons (Fsp3) is 0.200. The largest absolute Gasteiger partial charge is 0.445 e. The summed E-state index contributed by atoms with van der Waals surface area (Å²) in [6.07, 6.45) is -0.638. The molecule has 2 aromatic carbocycles. The number of nitrogens with one attached hydrogen (secondary N) is 1. The van der Waals surface area contributed by atoms with Crippen LogP contribution in [0.1, 0.15) is 29.8 Å². The van der Waals surface area contributed by atoms with Gasteiger partial charge in [0.25, 0.3) is 0 Å². The lowest BCUT2D eigenvalue weighted by Crippen LogP contribution is -2.42. The van der Waals surface area contributed by atoms with E-state index in [1.54, 1.807) is 13.8 Å². The summed E-state index contributed by atoms with van der Waals surface area (Å²) in [5.41, 5.74) is 0.0503. The zero-order valence-corrected chi connectivity index (χ0v) is 14.0. The van der Waals surface area contributed by atoms with Gasteiger partial charge in [-0.05, 0) is 37.5 Å². The van der Waals surface area contributed by atoms with Gasteiger partial charge in [-0.25, -0.2) is 9.18 Å². The Morgan fingerprint density at radius 1 is 1.12 bits per heavy atom. The van der Waals surface area contributed by atoms with E-state index < -0.39 is 23.2 Å².